The van der Waals surface area contributed by atoms with Crippen molar-refractivity contribution in [1.82, 2.24) is 5.32 Å². The number of carbonyl (C=O) groups excluding carboxylic acids is 3. The van der Waals surface area contributed by atoms with Crippen molar-refractivity contribution >= 4 is 45.0 Å². The molecule has 1 heterocycles. The van der Waals surface area contributed by atoms with E-state index in [0.717, 1.165) is 34.4 Å². The molecule has 3 rings (SSSR count). The van der Waals surface area contributed by atoms with E-state index in [0.29, 0.717) is 12.2 Å². The summed E-state index contributed by atoms with van der Waals surface area (Å²) in [6.07, 6.45) is 1.62. The first-order chi connectivity index (χ1) is 14.4. The number of hydrogen-bond acceptors (Lipinski definition) is 4. The molecule has 2 N–H and O–H groups in total. The Bertz CT molecular complexity index is 930. The van der Waals surface area contributed by atoms with E-state index < -0.39 is 0 Å². The van der Waals surface area contributed by atoms with Crippen molar-refractivity contribution in [2.24, 2.45) is 0 Å². The number of rotatable bonds is 8. The first-order valence-corrected chi connectivity index (χ1v) is 10.6. The first kappa shape index (κ1) is 21.8. The summed E-state index contributed by atoms with van der Waals surface area (Å²) in [6.45, 7) is 2.72. The number of amides is 3. The third-order valence-corrected chi connectivity index (χ3v) is 5.23. The van der Waals surface area contributed by atoms with E-state index in [1.807, 2.05) is 37.3 Å². The summed E-state index contributed by atoms with van der Waals surface area (Å²) < 4.78 is 6.36. The van der Waals surface area contributed by atoms with Crippen LogP contribution >= 0.6 is 15.9 Å². The Kier molecular flexibility index (Phi) is 7.46. The molecule has 1 aliphatic rings. The minimum Gasteiger partial charge on any atom is -0.484 e. The molecule has 7 nitrogen and oxygen atoms in total. The van der Waals surface area contributed by atoms with E-state index in [9.17, 15) is 14.4 Å². The van der Waals surface area contributed by atoms with Gasteiger partial charge in [-0.1, -0.05) is 22.0 Å². The highest BCUT2D eigenvalue weighted by Gasteiger charge is 2.21. The van der Waals surface area contributed by atoms with Gasteiger partial charge in [0.25, 0.3) is 5.91 Å². The fourth-order valence-corrected chi connectivity index (χ4v) is 3.46. The summed E-state index contributed by atoms with van der Waals surface area (Å²) >= 11 is 3.38. The highest BCUT2D eigenvalue weighted by Crippen LogP contribution is 2.24. The van der Waals surface area contributed by atoms with Gasteiger partial charge in [0.05, 0.1) is 0 Å². The molecule has 1 saturated heterocycles. The Balaban J connectivity index is 1.37. The first-order valence-electron chi connectivity index (χ1n) is 9.78. The van der Waals surface area contributed by atoms with Gasteiger partial charge in [0.15, 0.2) is 6.61 Å². The number of aryl methyl sites for hydroxylation is 1. The molecule has 0 aromatic heterocycles. The average molecular weight is 474 g/mol. The number of benzene rings is 2. The van der Waals surface area contributed by atoms with Gasteiger partial charge in [-0.2, -0.15) is 0 Å². The fraction of sp³-hybridized carbons (Fsp3) is 0.318. The second kappa shape index (κ2) is 10.2. The summed E-state index contributed by atoms with van der Waals surface area (Å²) in [5, 5.41) is 5.51. The average Bonchev–Trinajstić information content (AvgIpc) is 3.15. The van der Waals surface area contributed by atoms with Gasteiger partial charge in [-0.15, -0.1) is 0 Å². The molecular formula is C22H24BrN3O4. The molecule has 1 fully saturated rings. The Morgan fingerprint density at radius 2 is 1.90 bits per heavy atom. The lowest BCUT2D eigenvalue weighted by Crippen LogP contribution is -2.31. The maximum Gasteiger partial charge on any atom is 0.257 e. The van der Waals surface area contributed by atoms with E-state index >= 15 is 0 Å². The van der Waals surface area contributed by atoms with E-state index in [1.54, 1.807) is 17.0 Å². The van der Waals surface area contributed by atoms with Gasteiger partial charge >= 0.3 is 0 Å². The van der Waals surface area contributed by atoms with Crippen molar-refractivity contribution in [3.05, 3.63) is 52.5 Å². The van der Waals surface area contributed by atoms with Crippen LogP contribution < -0.4 is 20.3 Å². The van der Waals surface area contributed by atoms with Crippen LogP contribution in [0.3, 0.4) is 0 Å². The van der Waals surface area contributed by atoms with E-state index in [4.69, 9.17) is 4.74 Å². The third kappa shape index (κ3) is 6.06. The lowest BCUT2D eigenvalue weighted by Gasteiger charge is -2.16. The Labute approximate surface area is 183 Å². The van der Waals surface area contributed by atoms with Gasteiger partial charge in [0.1, 0.15) is 5.75 Å². The molecule has 3 amide bonds. The second-order valence-electron chi connectivity index (χ2n) is 7.04. The smallest absolute Gasteiger partial charge is 0.257 e. The quantitative estimate of drug-likeness (QED) is 0.614. The van der Waals surface area contributed by atoms with Gasteiger partial charge in [0, 0.05) is 41.8 Å². The van der Waals surface area contributed by atoms with Crippen LogP contribution in [0, 0.1) is 6.92 Å². The topological polar surface area (TPSA) is 87.7 Å². The third-order valence-electron chi connectivity index (χ3n) is 4.74. The zero-order chi connectivity index (χ0) is 21.5. The van der Waals surface area contributed by atoms with Gasteiger partial charge in [-0.25, -0.2) is 0 Å². The van der Waals surface area contributed by atoms with Gasteiger partial charge < -0.3 is 20.3 Å². The van der Waals surface area contributed by atoms with Crippen LogP contribution in [-0.4, -0.2) is 37.4 Å². The van der Waals surface area contributed by atoms with Crippen molar-refractivity contribution in [3.63, 3.8) is 0 Å². The molecular weight excluding hydrogens is 450 g/mol. The van der Waals surface area contributed by atoms with E-state index in [1.165, 1.54) is 0 Å². The highest BCUT2D eigenvalue weighted by molar-refractivity contribution is 9.10. The van der Waals surface area contributed by atoms with Gasteiger partial charge in [0.2, 0.25) is 11.8 Å². The van der Waals surface area contributed by atoms with Crippen molar-refractivity contribution in [2.75, 3.05) is 29.9 Å². The minimum atomic E-state index is -0.305. The van der Waals surface area contributed by atoms with Gasteiger partial charge in [-0.3, -0.25) is 14.4 Å². The summed E-state index contributed by atoms with van der Waals surface area (Å²) in [4.78, 5) is 37.5. The van der Waals surface area contributed by atoms with Crippen LogP contribution in [0.2, 0.25) is 0 Å². The lowest BCUT2D eigenvalue weighted by atomic mass is 10.2. The number of nitrogens with one attached hydrogen (secondary N) is 2. The summed E-state index contributed by atoms with van der Waals surface area (Å²) in [6, 6.07) is 12.8. The zero-order valence-electron chi connectivity index (χ0n) is 16.7. The molecule has 2 aromatic carbocycles. The monoisotopic (exact) mass is 473 g/mol. The molecule has 1 aliphatic heterocycles. The van der Waals surface area contributed by atoms with Crippen LogP contribution in [0.1, 0.15) is 24.8 Å². The second-order valence-corrected chi connectivity index (χ2v) is 7.95. The molecule has 0 aliphatic carbocycles. The number of anilines is 2. The molecule has 0 atom stereocenters. The number of halogens is 1. The maximum atomic E-state index is 12.1. The van der Waals surface area contributed by atoms with E-state index in [2.05, 4.69) is 26.6 Å². The Hall–Kier alpha value is -2.87. The molecule has 0 radical (unpaired) electrons. The minimum absolute atomic E-state index is 0.127. The Morgan fingerprint density at radius 1 is 1.13 bits per heavy atom. The molecule has 8 heteroatoms. The number of carbonyl (C=O) groups is 3. The standard InChI is InChI=1S/C22H24BrN3O4/c1-15-4-5-16(23)13-19(15)25-20(27)10-11-24-21(28)14-30-18-8-6-17(7-9-18)26-12-2-3-22(26)29/h4-9,13H,2-3,10-12,14H2,1H3,(H,24,28)(H,25,27). The van der Waals surface area contributed by atoms with Crippen molar-refractivity contribution in [3.8, 4) is 5.75 Å². The summed E-state index contributed by atoms with van der Waals surface area (Å²) in [5.74, 6) is 0.190. The SMILES string of the molecule is Cc1ccc(Br)cc1NC(=O)CCNC(=O)COc1ccc(N2CCCC2=O)cc1. The molecule has 0 spiro atoms. The number of hydrogen-bond donors (Lipinski definition) is 2. The predicted octanol–water partition coefficient (Wildman–Crippen LogP) is 3.41. The number of ether oxygens (including phenoxy) is 1. The van der Waals surface area contributed by atoms with Gasteiger partial charge in [-0.05, 0) is 55.3 Å². The maximum absolute atomic E-state index is 12.1. The molecule has 0 bridgehead atoms. The highest BCUT2D eigenvalue weighted by atomic mass is 79.9. The van der Waals surface area contributed by atoms with Crippen molar-refractivity contribution < 1.29 is 19.1 Å². The molecule has 158 valence electrons. The van der Waals surface area contributed by atoms with Crippen LogP contribution in [-0.2, 0) is 14.4 Å². The normalized spacial score (nSPS) is 13.3. The number of nitrogens with zero attached hydrogens (tertiary/aromatic N) is 1. The molecule has 30 heavy (non-hydrogen) atoms. The molecule has 2 aromatic rings. The van der Waals surface area contributed by atoms with Crippen LogP contribution in [0.4, 0.5) is 11.4 Å². The summed E-state index contributed by atoms with van der Waals surface area (Å²) in [5.41, 5.74) is 2.54. The molecule has 0 unspecified atom stereocenters. The van der Waals surface area contributed by atoms with Crippen LogP contribution in [0.25, 0.3) is 0 Å². The molecule has 0 saturated carbocycles. The van der Waals surface area contributed by atoms with Crippen molar-refractivity contribution in [1.29, 1.82) is 0 Å². The predicted molar refractivity (Wildman–Crippen MR) is 119 cm³/mol. The largest absolute Gasteiger partial charge is 0.484 e. The lowest BCUT2D eigenvalue weighted by molar-refractivity contribution is -0.123. The van der Waals surface area contributed by atoms with E-state index in [-0.39, 0.29) is 37.3 Å². The van der Waals surface area contributed by atoms with Crippen molar-refractivity contribution in [2.45, 2.75) is 26.2 Å². The Morgan fingerprint density at radius 3 is 2.60 bits per heavy atom. The van der Waals surface area contributed by atoms with Crippen LogP contribution in [0.5, 0.6) is 5.75 Å². The van der Waals surface area contributed by atoms with Crippen LogP contribution in [0.15, 0.2) is 46.9 Å². The fourth-order valence-electron chi connectivity index (χ4n) is 3.10. The zero-order valence-corrected chi connectivity index (χ0v) is 18.3. The summed E-state index contributed by atoms with van der Waals surface area (Å²) in [7, 11) is 0.